The third-order valence-corrected chi connectivity index (χ3v) is 6.73. The van der Waals surface area contributed by atoms with Crippen molar-refractivity contribution in [3.63, 3.8) is 0 Å². The van der Waals surface area contributed by atoms with Gasteiger partial charge >= 0.3 is 0 Å². The molecule has 3 aromatic rings. The number of piperidine rings is 1. The summed E-state index contributed by atoms with van der Waals surface area (Å²) in [4.78, 5) is 34.6. The van der Waals surface area contributed by atoms with Crippen LogP contribution in [0.15, 0.2) is 53.1 Å². The second kappa shape index (κ2) is 11.2. The molecule has 3 heterocycles. The van der Waals surface area contributed by atoms with Crippen LogP contribution in [0.1, 0.15) is 29.1 Å². The first kappa shape index (κ1) is 24.4. The van der Waals surface area contributed by atoms with Gasteiger partial charge in [0, 0.05) is 30.2 Å². The van der Waals surface area contributed by atoms with Gasteiger partial charge in [-0.15, -0.1) is 0 Å². The fourth-order valence-corrected chi connectivity index (χ4v) is 4.81. The lowest BCUT2D eigenvalue weighted by molar-refractivity contribution is -0.121. The molecule has 9 nitrogen and oxygen atoms in total. The molecule has 0 radical (unpaired) electrons. The van der Waals surface area contributed by atoms with Gasteiger partial charge in [0.25, 0.3) is 5.91 Å². The van der Waals surface area contributed by atoms with Gasteiger partial charge in [0.1, 0.15) is 0 Å². The molecule has 1 unspecified atom stereocenters. The molecule has 0 aliphatic carbocycles. The summed E-state index contributed by atoms with van der Waals surface area (Å²) in [6.45, 7) is 4.02. The lowest BCUT2D eigenvalue weighted by Crippen LogP contribution is -2.42. The standard InChI is InChI=1S/C26H28ClN5O4/c27-20-7-3-5-18(15-20)24-29-23(36-30-24)17-31-10-4-6-19(16-31)25(33)28-22-9-2-1-8-21(22)26(34)32-11-13-35-14-12-32/h1-3,5,7-9,15,19H,4,6,10-14,16-17H2,(H,28,33). The van der Waals surface area contributed by atoms with E-state index in [1.54, 1.807) is 29.2 Å². The Kier molecular flexibility index (Phi) is 7.60. The van der Waals surface area contributed by atoms with Crippen LogP contribution in [0.5, 0.6) is 0 Å². The highest BCUT2D eigenvalue weighted by Gasteiger charge is 2.28. The summed E-state index contributed by atoms with van der Waals surface area (Å²) in [6, 6.07) is 14.5. The minimum absolute atomic E-state index is 0.0907. The van der Waals surface area contributed by atoms with Crippen molar-refractivity contribution < 1.29 is 18.8 Å². The summed E-state index contributed by atoms with van der Waals surface area (Å²) >= 11 is 6.07. The van der Waals surface area contributed by atoms with Crippen LogP contribution in [0.2, 0.25) is 5.02 Å². The summed E-state index contributed by atoms with van der Waals surface area (Å²) in [5.74, 6) is 0.590. The predicted molar refractivity (Wildman–Crippen MR) is 135 cm³/mol. The number of para-hydroxylation sites is 1. The molecule has 10 heteroatoms. The van der Waals surface area contributed by atoms with Gasteiger partial charge in [-0.1, -0.05) is 41.0 Å². The van der Waals surface area contributed by atoms with E-state index in [9.17, 15) is 9.59 Å². The maximum Gasteiger partial charge on any atom is 0.256 e. The number of amides is 2. The predicted octanol–water partition coefficient (Wildman–Crippen LogP) is 3.71. The Balaban J connectivity index is 1.21. The summed E-state index contributed by atoms with van der Waals surface area (Å²) in [7, 11) is 0. The first-order valence-corrected chi connectivity index (χ1v) is 12.5. The lowest BCUT2D eigenvalue weighted by Gasteiger charge is -2.31. The third-order valence-electron chi connectivity index (χ3n) is 6.50. The number of rotatable bonds is 6. The Hall–Kier alpha value is -3.27. The molecule has 2 aliphatic heterocycles. The van der Waals surface area contributed by atoms with Crippen molar-refractivity contribution in [1.29, 1.82) is 0 Å². The highest BCUT2D eigenvalue weighted by atomic mass is 35.5. The highest BCUT2D eigenvalue weighted by molar-refractivity contribution is 6.30. The molecular weight excluding hydrogens is 482 g/mol. The molecule has 0 bridgehead atoms. The minimum Gasteiger partial charge on any atom is -0.378 e. The Labute approximate surface area is 214 Å². The van der Waals surface area contributed by atoms with E-state index in [0.29, 0.717) is 67.4 Å². The zero-order valence-electron chi connectivity index (χ0n) is 19.9. The Morgan fingerprint density at radius 1 is 1.08 bits per heavy atom. The number of morpholine rings is 1. The molecule has 188 valence electrons. The molecule has 2 aromatic carbocycles. The van der Waals surface area contributed by atoms with Gasteiger partial charge in [0.15, 0.2) is 0 Å². The van der Waals surface area contributed by atoms with E-state index in [-0.39, 0.29) is 17.7 Å². The molecule has 0 saturated carbocycles. The van der Waals surface area contributed by atoms with Gasteiger partial charge in [-0.3, -0.25) is 14.5 Å². The zero-order valence-corrected chi connectivity index (χ0v) is 20.6. The monoisotopic (exact) mass is 509 g/mol. The normalized spacial score (nSPS) is 18.7. The SMILES string of the molecule is O=C(Nc1ccccc1C(=O)N1CCOCC1)C1CCCN(Cc2nc(-c3cccc(Cl)c3)no2)C1. The number of benzene rings is 2. The summed E-state index contributed by atoms with van der Waals surface area (Å²) in [5.41, 5.74) is 1.83. The number of nitrogens with one attached hydrogen (secondary N) is 1. The van der Waals surface area contributed by atoms with Crippen molar-refractivity contribution in [2.45, 2.75) is 19.4 Å². The fraction of sp³-hybridized carbons (Fsp3) is 0.385. The van der Waals surface area contributed by atoms with E-state index in [1.165, 1.54) is 0 Å². The number of halogens is 1. The quantitative estimate of drug-likeness (QED) is 0.540. The van der Waals surface area contributed by atoms with Crippen LogP contribution >= 0.6 is 11.6 Å². The van der Waals surface area contributed by atoms with E-state index in [2.05, 4.69) is 20.4 Å². The molecule has 2 aliphatic rings. The number of carbonyl (C=O) groups excluding carboxylic acids is 2. The van der Waals surface area contributed by atoms with Gasteiger partial charge in [-0.25, -0.2) is 0 Å². The third kappa shape index (κ3) is 5.75. The first-order chi connectivity index (χ1) is 17.6. The Bertz CT molecular complexity index is 1230. The zero-order chi connectivity index (χ0) is 24.9. The second-order valence-electron chi connectivity index (χ2n) is 9.04. The topological polar surface area (TPSA) is 101 Å². The molecule has 5 rings (SSSR count). The highest BCUT2D eigenvalue weighted by Crippen LogP contribution is 2.24. The van der Waals surface area contributed by atoms with E-state index in [0.717, 1.165) is 24.9 Å². The summed E-state index contributed by atoms with van der Waals surface area (Å²) < 4.78 is 10.8. The van der Waals surface area contributed by atoms with Crippen LogP contribution in [-0.2, 0) is 16.1 Å². The molecule has 1 aromatic heterocycles. The van der Waals surface area contributed by atoms with Gasteiger partial charge in [0.05, 0.1) is 36.9 Å². The van der Waals surface area contributed by atoms with Crippen LogP contribution in [0.25, 0.3) is 11.4 Å². The van der Waals surface area contributed by atoms with Crippen LogP contribution in [-0.4, -0.2) is 71.1 Å². The van der Waals surface area contributed by atoms with Crippen molar-refractivity contribution in [1.82, 2.24) is 19.9 Å². The van der Waals surface area contributed by atoms with Crippen molar-refractivity contribution >= 4 is 29.1 Å². The molecule has 2 fully saturated rings. The average molecular weight is 510 g/mol. The smallest absolute Gasteiger partial charge is 0.256 e. The number of ether oxygens (including phenoxy) is 1. The number of anilines is 1. The molecule has 2 saturated heterocycles. The van der Waals surface area contributed by atoms with Gasteiger partial charge < -0.3 is 19.5 Å². The number of hydrogen-bond acceptors (Lipinski definition) is 7. The maximum atomic E-state index is 13.2. The second-order valence-corrected chi connectivity index (χ2v) is 9.47. The van der Waals surface area contributed by atoms with Crippen LogP contribution in [0.3, 0.4) is 0 Å². The number of aromatic nitrogens is 2. The summed E-state index contributed by atoms with van der Waals surface area (Å²) in [6.07, 6.45) is 1.65. The average Bonchev–Trinajstić information content (AvgIpc) is 3.38. The summed E-state index contributed by atoms with van der Waals surface area (Å²) in [5, 5.41) is 7.69. The van der Waals surface area contributed by atoms with Crippen molar-refractivity contribution in [2.24, 2.45) is 5.92 Å². The van der Waals surface area contributed by atoms with E-state index in [4.69, 9.17) is 20.9 Å². The lowest BCUT2D eigenvalue weighted by atomic mass is 9.96. The molecule has 1 atom stereocenters. The van der Waals surface area contributed by atoms with E-state index < -0.39 is 0 Å². The van der Waals surface area contributed by atoms with Crippen molar-refractivity contribution in [3.8, 4) is 11.4 Å². The number of likely N-dealkylation sites (tertiary alicyclic amines) is 1. The van der Waals surface area contributed by atoms with Crippen molar-refractivity contribution in [2.75, 3.05) is 44.7 Å². The van der Waals surface area contributed by atoms with Crippen LogP contribution < -0.4 is 5.32 Å². The largest absolute Gasteiger partial charge is 0.378 e. The molecule has 36 heavy (non-hydrogen) atoms. The van der Waals surface area contributed by atoms with E-state index in [1.807, 2.05) is 24.3 Å². The Morgan fingerprint density at radius 2 is 1.92 bits per heavy atom. The number of nitrogens with zero attached hydrogens (tertiary/aromatic N) is 4. The first-order valence-electron chi connectivity index (χ1n) is 12.1. The van der Waals surface area contributed by atoms with Gasteiger partial charge in [0.2, 0.25) is 17.6 Å². The van der Waals surface area contributed by atoms with Crippen molar-refractivity contribution in [3.05, 3.63) is 65.0 Å². The van der Waals surface area contributed by atoms with Gasteiger partial charge in [-0.05, 0) is 43.7 Å². The number of carbonyl (C=O) groups is 2. The molecule has 1 N–H and O–H groups in total. The van der Waals surface area contributed by atoms with Crippen LogP contribution in [0.4, 0.5) is 5.69 Å². The van der Waals surface area contributed by atoms with E-state index >= 15 is 0 Å². The number of hydrogen-bond donors (Lipinski definition) is 1. The van der Waals surface area contributed by atoms with Crippen LogP contribution in [0, 0.1) is 5.92 Å². The molecule has 2 amide bonds. The fourth-order valence-electron chi connectivity index (χ4n) is 4.62. The van der Waals surface area contributed by atoms with Gasteiger partial charge in [-0.2, -0.15) is 4.98 Å². The molecular formula is C26H28ClN5O4. The maximum absolute atomic E-state index is 13.2. The molecule has 0 spiro atoms. The minimum atomic E-state index is -0.208. The Morgan fingerprint density at radius 3 is 2.75 bits per heavy atom.